The van der Waals surface area contributed by atoms with Crippen molar-refractivity contribution in [1.82, 2.24) is 10.2 Å². The molecule has 4 nitrogen and oxygen atoms in total. The highest BCUT2D eigenvalue weighted by molar-refractivity contribution is 5.78. The molecule has 110 valence electrons. The zero-order chi connectivity index (χ0) is 14.2. The molecule has 0 unspecified atom stereocenters. The molecule has 20 heavy (non-hydrogen) atoms. The Hall–Kier alpha value is -1.55. The van der Waals surface area contributed by atoms with E-state index in [1.54, 1.807) is 0 Å². The number of para-hydroxylation sites is 1. The van der Waals surface area contributed by atoms with Gasteiger partial charge in [0.05, 0.1) is 13.2 Å². The maximum atomic E-state index is 12.0. The van der Waals surface area contributed by atoms with Crippen molar-refractivity contribution in [3.63, 3.8) is 0 Å². The monoisotopic (exact) mass is 276 g/mol. The van der Waals surface area contributed by atoms with Crippen molar-refractivity contribution in [1.29, 1.82) is 0 Å². The van der Waals surface area contributed by atoms with Gasteiger partial charge in [0.25, 0.3) is 0 Å². The molecule has 1 aromatic rings. The summed E-state index contributed by atoms with van der Waals surface area (Å²) in [4.78, 5) is 14.0. The third kappa shape index (κ3) is 4.23. The molecule has 0 aliphatic carbocycles. The molecule has 1 aliphatic heterocycles. The lowest BCUT2D eigenvalue weighted by Crippen LogP contribution is -2.40. The van der Waals surface area contributed by atoms with Gasteiger partial charge in [0.1, 0.15) is 5.75 Å². The molecule has 1 saturated heterocycles. The Bertz CT molecular complexity index is 428. The second-order valence-corrected chi connectivity index (χ2v) is 5.09. The van der Waals surface area contributed by atoms with Gasteiger partial charge >= 0.3 is 0 Å². The third-order valence-corrected chi connectivity index (χ3v) is 3.57. The first-order chi connectivity index (χ1) is 9.81. The van der Waals surface area contributed by atoms with Crippen LogP contribution in [-0.2, 0) is 11.3 Å². The van der Waals surface area contributed by atoms with Gasteiger partial charge in [-0.1, -0.05) is 18.2 Å². The summed E-state index contributed by atoms with van der Waals surface area (Å²) in [6.45, 7) is 5.52. The maximum Gasteiger partial charge on any atom is 0.236 e. The number of ether oxygens (including phenoxy) is 1. The predicted octanol–water partition coefficient (Wildman–Crippen LogP) is 2.19. The minimum atomic E-state index is 0.207. The number of nitrogens with zero attached hydrogens (tertiary/aromatic N) is 1. The highest BCUT2D eigenvalue weighted by Gasteiger charge is 2.15. The fourth-order valence-corrected chi connectivity index (χ4v) is 2.51. The van der Waals surface area contributed by atoms with Crippen LogP contribution >= 0.6 is 0 Å². The second-order valence-electron chi connectivity index (χ2n) is 5.09. The van der Waals surface area contributed by atoms with Crippen LogP contribution in [0.15, 0.2) is 24.3 Å². The van der Waals surface area contributed by atoms with Crippen LogP contribution in [0.1, 0.15) is 31.7 Å². The number of piperidine rings is 1. The van der Waals surface area contributed by atoms with Crippen LogP contribution in [0, 0.1) is 0 Å². The second kappa shape index (κ2) is 7.90. The van der Waals surface area contributed by atoms with Crippen molar-refractivity contribution in [2.75, 3.05) is 26.2 Å². The summed E-state index contributed by atoms with van der Waals surface area (Å²) in [6.07, 6.45) is 3.52. The van der Waals surface area contributed by atoms with E-state index in [0.29, 0.717) is 19.7 Å². The van der Waals surface area contributed by atoms with E-state index in [4.69, 9.17) is 4.74 Å². The lowest BCUT2D eigenvalue weighted by molar-refractivity contribution is -0.131. The standard InChI is InChI=1S/C16H24N2O2/c1-2-20-15-9-5-4-8-14(15)12-17-13-16(19)18-10-6-3-7-11-18/h4-5,8-9,17H,2-3,6-7,10-13H2,1H3. The van der Waals surface area contributed by atoms with Gasteiger partial charge in [-0.15, -0.1) is 0 Å². The molecule has 1 aliphatic rings. The van der Waals surface area contributed by atoms with Crippen LogP contribution in [0.2, 0.25) is 0 Å². The summed E-state index contributed by atoms with van der Waals surface area (Å²) in [5.41, 5.74) is 1.10. The van der Waals surface area contributed by atoms with Crippen LogP contribution in [-0.4, -0.2) is 37.0 Å². The van der Waals surface area contributed by atoms with Crippen molar-refractivity contribution in [3.8, 4) is 5.75 Å². The summed E-state index contributed by atoms with van der Waals surface area (Å²) < 4.78 is 5.58. The summed E-state index contributed by atoms with van der Waals surface area (Å²) in [5.74, 6) is 1.10. The summed E-state index contributed by atoms with van der Waals surface area (Å²) in [7, 11) is 0. The molecule has 4 heteroatoms. The number of hydrogen-bond acceptors (Lipinski definition) is 3. The Labute approximate surface area is 121 Å². The molecule has 0 atom stereocenters. The number of hydrogen-bond donors (Lipinski definition) is 1. The summed E-state index contributed by atoms with van der Waals surface area (Å²) in [6, 6.07) is 7.95. The highest BCUT2D eigenvalue weighted by atomic mass is 16.5. The van der Waals surface area contributed by atoms with Crippen molar-refractivity contribution >= 4 is 5.91 Å². The van der Waals surface area contributed by atoms with Crippen molar-refractivity contribution in [2.24, 2.45) is 0 Å². The minimum Gasteiger partial charge on any atom is -0.494 e. The Morgan fingerprint density at radius 2 is 2.00 bits per heavy atom. The minimum absolute atomic E-state index is 0.207. The lowest BCUT2D eigenvalue weighted by Gasteiger charge is -2.26. The van der Waals surface area contributed by atoms with Crippen LogP contribution in [0.4, 0.5) is 0 Å². The molecule has 0 aromatic heterocycles. The number of amides is 1. The molecule has 0 radical (unpaired) electrons. The van der Waals surface area contributed by atoms with Gasteiger partial charge < -0.3 is 15.0 Å². The zero-order valence-corrected chi connectivity index (χ0v) is 12.2. The molecule has 0 spiro atoms. The molecule has 1 amide bonds. The fourth-order valence-electron chi connectivity index (χ4n) is 2.51. The Morgan fingerprint density at radius 1 is 1.25 bits per heavy atom. The SMILES string of the molecule is CCOc1ccccc1CNCC(=O)N1CCCCC1. The van der Waals surface area contributed by atoms with Gasteiger partial charge in [-0.25, -0.2) is 0 Å². The fraction of sp³-hybridized carbons (Fsp3) is 0.562. The van der Waals surface area contributed by atoms with Gasteiger partial charge in [0.2, 0.25) is 5.91 Å². The van der Waals surface area contributed by atoms with Crippen molar-refractivity contribution in [2.45, 2.75) is 32.7 Å². The summed E-state index contributed by atoms with van der Waals surface area (Å²) >= 11 is 0. The van der Waals surface area contributed by atoms with E-state index >= 15 is 0 Å². The molecule has 0 bridgehead atoms. The van der Waals surface area contributed by atoms with E-state index in [9.17, 15) is 4.79 Å². The maximum absolute atomic E-state index is 12.0. The Balaban J connectivity index is 1.79. The van der Waals surface area contributed by atoms with Crippen molar-refractivity contribution in [3.05, 3.63) is 29.8 Å². The smallest absolute Gasteiger partial charge is 0.236 e. The van der Waals surface area contributed by atoms with E-state index in [1.165, 1.54) is 6.42 Å². The molecule has 1 heterocycles. The quantitative estimate of drug-likeness (QED) is 0.866. The molecular formula is C16H24N2O2. The first-order valence-electron chi connectivity index (χ1n) is 7.50. The lowest BCUT2D eigenvalue weighted by atomic mass is 10.1. The first-order valence-corrected chi connectivity index (χ1v) is 7.50. The van der Waals surface area contributed by atoms with Gasteiger partial charge in [-0.3, -0.25) is 4.79 Å². The zero-order valence-electron chi connectivity index (χ0n) is 12.2. The summed E-state index contributed by atoms with van der Waals surface area (Å²) in [5, 5.41) is 3.23. The van der Waals surface area contributed by atoms with E-state index in [2.05, 4.69) is 5.32 Å². The third-order valence-electron chi connectivity index (χ3n) is 3.57. The molecular weight excluding hydrogens is 252 g/mol. The van der Waals surface area contributed by atoms with Crippen molar-refractivity contribution < 1.29 is 9.53 Å². The van der Waals surface area contributed by atoms with Gasteiger partial charge in [0, 0.05) is 25.2 Å². The normalized spacial score (nSPS) is 15.2. The van der Waals surface area contributed by atoms with Gasteiger partial charge in [0.15, 0.2) is 0 Å². The van der Waals surface area contributed by atoms with E-state index in [1.807, 2.05) is 36.1 Å². The molecule has 0 saturated carbocycles. The number of rotatable bonds is 6. The van der Waals surface area contributed by atoms with Crippen LogP contribution < -0.4 is 10.1 Å². The van der Waals surface area contributed by atoms with E-state index < -0.39 is 0 Å². The Morgan fingerprint density at radius 3 is 2.75 bits per heavy atom. The largest absolute Gasteiger partial charge is 0.494 e. The number of likely N-dealkylation sites (tertiary alicyclic amines) is 1. The number of carbonyl (C=O) groups is 1. The van der Waals surface area contributed by atoms with Gasteiger partial charge in [-0.2, -0.15) is 0 Å². The predicted molar refractivity (Wildman–Crippen MR) is 79.7 cm³/mol. The Kier molecular flexibility index (Phi) is 5.87. The van der Waals surface area contributed by atoms with E-state index in [-0.39, 0.29) is 5.91 Å². The molecule has 1 aromatic carbocycles. The number of nitrogens with one attached hydrogen (secondary N) is 1. The highest BCUT2D eigenvalue weighted by Crippen LogP contribution is 2.17. The van der Waals surface area contributed by atoms with Crippen LogP contribution in [0.5, 0.6) is 5.75 Å². The molecule has 1 N–H and O–H groups in total. The molecule has 1 fully saturated rings. The van der Waals surface area contributed by atoms with Gasteiger partial charge in [-0.05, 0) is 32.3 Å². The average Bonchev–Trinajstić information content (AvgIpc) is 2.50. The number of benzene rings is 1. The number of carbonyl (C=O) groups excluding carboxylic acids is 1. The van der Waals surface area contributed by atoms with Crippen LogP contribution in [0.3, 0.4) is 0 Å². The van der Waals surface area contributed by atoms with E-state index in [0.717, 1.165) is 37.2 Å². The first kappa shape index (κ1) is 14.9. The van der Waals surface area contributed by atoms with Crippen LogP contribution in [0.25, 0.3) is 0 Å². The topological polar surface area (TPSA) is 41.6 Å². The molecule has 2 rings (SSSR count). The average molecular weight is 276 g/mol.